The Morgan fingerprint density at radius 1 is 1.00 bits per heavy atom. The van der Waals surface area contributed by atoms with Crippen LogP contribution in [0.15, 0.2) is 66.7 Å². The minimum atomic E-state index is -3.60. The summed E-state index contributed by atoms with van der Waals surface area (Å²) < 4.78 is 32.6. The second-order valence-electron chi connectivity index (χ2n) is 11.6. The van der Waals surface area contributed by atoms with Crippen molar-refractivity contribution in [3.8, 4) is 5.75 Å². The van der Waals surface area contributed by atoms with Crippen molar-refractivity contribution >= 4 is 21.6 Å². The van der Waals surface area contributed by atoms with Crippen LogP contribution in [0.25, 0.3) is 0 Å². The Balaban J connectivity index is 1.24. The molecular formula is C31H37N3O4S. The standard InChI is InChI=1S/C31H37N3O4S/c1-31(2,3)26-12-13-28-27(17-26)34(39(4,36)37)21-29(38-28)30(35)32-18-22-8-7-9-23(16-22)19-33-15-14-24-10-5-6-11-25(24)20-33/h5-13,16-17,29H,14-15,18-21H2,1-4H3,(H,32,35). The third-order valence-electron chi connectivity index (χ3n) is 7.46. The average molecular weight is 548 g/mol. The Bertz CT molecular complexity index is 1480. The highest BCUT2D eigenvalue weighted by atomic mass is 32.2. The number of anilines is 1. The summed E-state index contributed by atoms with van der Waals surface area (Å²) in [6.07, 6.45) is 1.27. The molecule has 0 saturated heterocycles. The van der Waals surface area contributed by atoms with E-state index < -0.39 is 16.1 Å². The Labute approximate surface area is 231 Å². The molecule has 0 bridgehead atoms. The van der Waals surface area contributed by atoms with Gasteiger partial charge in [0.15, 0.2) is 6.10 Å². The average Bonchev–Trinajstić information content (AvgIpc) is 2.90. The van der Waals surface area contributed by atoms with E-state index in [2.05, 4.69) is 67.4 Å². The quantitative estimate of drug-likeness (QED) is 0.495. The molecule has 1 amide bonds. The van der Waals surface area contributed by atoms with Gasteiger partial charge in [-0.15, -0.1) is 0 Å². The highest BCUT2D eigenvalue weighted by Gasteiger charge is 2.35. The summed E-state index contributed by atoms with van der Waals surface area (Å²) in [5.74, 6) is 0.0529. The van der Waals surface area contributed by atoms with E-state index in [1.165, 1.54) is 21.0 Å². The first-order valence-electron chi connectivity index (χ1n) is 13.4. The van der Waals surface area contributed by atoms with Crippen LogP contribution in [-0.4, -0.2) is 44.7 Å². The number of rotatable bonds is 6. The highest BCUT2D eigenvalue weighted by Crippen LogP contribution is 2.38. The predicted molar refractivity (Wildman–Crippen MR) is 154 cm³/mol. The number of hydrogen-bond acceptors (Lipinski definition) is 5. The molecule has 0 saturated carbocycles. The number of carbonyl (C=O) groups is 1. The number of nitrogens with one attached hydrogen (secondary N) is 1. The van der Waals surface area contributed by atoms with Gasteiger partial charge in [0.25, 0.3) is 5.91 Å². The summed E-state index contributed by atoms with van der Waals surface area (Å²) in [5.41, 5.74) is 6.32. The molecule has 0 aliphatic carbocycles. The molecule has 0 aromatic heterocycles. The molecule has 0 fully saturated rings. The number of sulfonamides is 1. The van der Waals surface area contributed by atoms with E-state index in [0.29, 0.717) is 18.0 Å². The van der Waals surface area contributed by atoms with Gasteiger partial charge in [0.2, 0.25) is 10.0 Å². The zero-order chi connectivity index (χ0) is 27.8. The molecule has 1 N–H and O–H groups in total. The van der Waals surface area contributed by atoms with Crippen LogP contribution in [0.1, 0.15) is 48.6 Å². The lowest BCUT2D eigenvalue weighted by Crippen LogP contribution is -2.50. The Kier molecular flexibility index (Phi) is 7.44. The third-order valence-corrected chi connectivity index (χ3v) is 8.61. The van der Waals surface area contributed by atoms with Gasteiger partial charge in [-0.2, -0.15) is 0 Å². The molecule has 39 heavy (non-hydrogen) atoms. The molecule has 5 rings (SSSR count). The monoisotopic (exact) mass is 547 g/mol. The van der Waals surface area contributed by atoms with Crippen molar-refractivity contribution in [1.82, 2.24) is 10.2 Å². The first-order valence-corrected chi connectivity index (χ1v) is 15.3. The number of amides is 1. The van der Waals surface area contributed by atoms with Gasteiger partial charge in [0.1, 0.15) is 5.75 Å². The molecule has 7 nitrogen and oxygen atoms in total. The van der Waals surface area contributed by atoms with E-state index in [1.807, 2.05) is 24.3 Å². The summed E-state index contributed by atoms with van der Waals surface area (Å²) in [6.45, 7) is 9.28. The Hall–Kier alpha value is -3.36. The lowest BCUT2D eigenvalue weighted by atomic mass is 9.86. The van der Waals surface area contributed by atoms with Crippen molar-refractivity contribution in [3.63, 3.8) is 0 Å². The molecule has 1 unspecified atom stereocenters. The topological polar surface area (TPSA) is 79.0 Å². The van der Waals surface area contributed by atoms with Crippen molar-refractivity contribution in [1.29, 1.82) is 0 Å². The smallest absolute Gasteiger partial charge is 0.263 e. The molecule has 8 heteroatoms. The lowest BCUT2D eigenvalue weighted by Gasteiger charge is -2.35. The van der Waals surface area contributed by atoms with Crippen LogP contribution < -0.4 is 14.4 Å². The summed E-state index contributed by atoms with van der Waals surface area (Å²) in [4.78, 5) is 15.6. The van der Waals surface area contributed by atoms with Crippen LogP contribution in [0.2, 0.25) is 0 Å². The molecule has 3 aromatic carbocycles. The van der Waals surface area contributed by atoms with E-state index in [0.717, 1.165) is 43.4 Å². The predicted octanol–water partition coefficient (Wildman–Crippen LogP) is 4.39. The number of fused-ring (bicyclic) bond motifs is 2. The van der Waals surface area contributed by atoms with Gasteiger partial charge in [-0.1, -0.05) is 75.4 Å². The largest absolute Gasteiger partial charge is 0.476 e. The van der Waals surface area contributed by atoms with Gasteiger partial charge in [-0.25, -0.2) is 8.42 Å². The van der Waals surface area contributed by atoms with Gasteiger partial charge in [-0.05, 0) is 51.8 Å². The first kappa shape index (κ1) is 27.2. The van der Waals surface area contributed by atoms with Gasteiger partial charge >= 0.3 is 0 Å². The van der Waals surface area contributed by atoms with Crippen molar-refractivity contribution in [2.24, 2.45) is 0 Å². The summed E-state index contributed by atoms with van der Waals surface area (Å²) in [5, 5.41) is 2.95. The molecule has 0 radical (unpaired) electrons. The second kappa shape index (κ2) is 10.7. The van der Waals surface area contributed by atoms with Gasteiger partial charge in [0.05, 0.1) is 18.5 Å². The maximum Gasteiger partial charge on any atom is 0.263 e. The molecule has 2 aliphatic rings. The number of ether oxygens (including phenoxy) is 1. The third kappa shape index (κ3) is 6.28. The van der Waals surface area contributed by atoms with Gasteiger partial charge in [-0.3, -0.25) is 14.0 Å². The number of nitrogens with zero attached hydrogens (tertiary/aromatic N) is 2. The van der Waals surface area contributed by atoms with Crippen LogP contribution >= 0.6 is 0 Å². The number of benzene rings is 3. The molecule has 1 atom stereocenters. The van der Waals surface area contributed by atoms with Crippen molar-refractivity contribution < 1.29 is 17.9 Å². The lowest BCUT2D eigenvalue weighted by molar-refractivity contribution is -0.127. The minimum absolute atomic E-state index is 0.0677. The van der Waals surface area contributed by atoms with Gasteiger partial charge < -0.3 is 10.1 Å². The van der Waals surface area contributed by atoms with Crippen LogP contribution in [0.4, 0.5) is 5.69 Å². The zero-order valence-corrected chi connectivity index (χ0v) is 23.9. The van der Waals surface area contributed by atoms with E-state index in [-0.39, 0.29) is 17.9 Å². The van der Waals surface area contributed by atoms with Crippen LogP contribution in [0, 0.1) is 0 Å². The van der Waals surface area contributed by atoms with E-state index in [9.17, 15) is 13.2 Å². The van der Waals surface area contributed by atoms with Crippen LogP contribution in [0.3, 0.4) is 0 Å². The fourth-order valence-electron chi connectivity index (χ4n) is 5.26. The first-order chi connectivity index (χ1) is 18.5. The van der Waals surface area contributed by atoms with Crippen molar-refractivity contribution in [3.05, 3.63) is 94.5 Å². The van der Waals surface area contributed by atoms with Crippen molar-refractivity contribution in [2.75, 3.05) is 23.7 Å². The maximum absolute atomic E-state index is 13.1. The van der Waals surface area contributed by atoms with Crippen LogP contribution in [0.5, 0.6) is 5.75 Å². The molecular weight excluding hydrogens is 510 g/mol. The van der Waals surface area contributed by atoms with Gasteiger partial charge in [0, 0.05) is 26.2 Å². The number of carbonyl (C=O) groups excluding carboxylic acids is 1. The fourth-order valence-corrected chi connectivity index (χ4v) is 6.16. The van der Waals surface area contributed by atoms with E-state index in [1.54, 1.807) is 6.07 Å². The molecule has 0 spiro atoms. The molecule has 206 valence electrons. The second-order valence-corrected chi connectivity index (χ2v) is 13.5. The number of hydrogen-bond donors (Lipinski definition) is 1. The summed E-state index contributed by atoms with van der Waals surface area (Å²) in [7, 11) is -3.60. The summed E-state index contributed by atoms with van der Waals surface area (Å²) >= 11 is 0. The fraction of sp³-hybridized carbons (Fsp3) is 0.387. The highest BCUT2D eigenvalue weighted by molar-refractivity contribution is 7.92. The molecule has 2 heterocycles. The van der Waals surface area contributed by atoms with E-state index in [4.69, 9.17) is 4.74 Å². The minimum Gasteiger partial charge on any atom is -0.476 e. The van der Waals surface area contributed by atoms with E-state index >= 15 is 0 Å². The Morgan fingerprint density at radius 3 is 2.49 bits per heavy atom. The van der Waals surface area contributed by atoms with Crippen molar-refractivity contribution in [2.45, 2.75) is 58.3 Å². The SMILES string of the molecule is CC(C)(C)c1ccc2c(c1)N(S(C)(=O)=O)CC(C(=O)NCc1cccc(CN3CCc4ccccc4C3)c1)O2. The molecule has 2 aliphatic heterocycles. The summed E-state index contributed by atoms with van der Waals surface area (Å²) in [6, 6.07) is 22.4. The zero-order valence-electron chi connectivity index (χ0n) is 23.1. The van der Waals surface area contributed by atoms with Crippen LogP contribution in [-0.2, 0) is 46.3 Å². The molecule has 3 aromatic rings. The maximum atomic E-state index is 13.1. The Morgan fingerprint density at radius 2 is 1.74 bits per heavy atom. The normalized spacial score (nSPS) is 17.6.